The number of nitriles is 1. The van der Waals surface area contributed by atoms with Crippen molar-refractivity contribution in [3.63, 3.8) is 0 Å². The summed E-state index contributed by atoms with van der Waals surface area (Å²) in [6, 6.07) is 1.78. The van der Waals surface area contributed by atoms with Crippen LogP contribution in [0.15, 0.2) is 0 Å². The van der Waals surface area contributed by atoms with E-state index in [1.54, 1.807) is 26.8 Å². The van der Waals surface area contributed by atoms with Crippen LogP contribution < -0.4 is 0 Å². The Hall–Kier alpha value is -1.61. The lowest BCUT2D eigenvalue weighted by atomic mass is 10.1. The monoisotopic (exact) mass is 254 g/mol. The number of Topliss-reactive ketones (excluding diaryl/α,β-unsaturated/α-hetero) is 1. The summed E-state index contributed by atoms with van der Waals surface area (Å²) < 4.78 is 10.5. The van der Waals surface area contributed by atoms with Gasteiger partial charge >= 0.3 is 6.09 Å². The van der Waals surface area contributed by atoms with Crippen molar-refractivity contribution in [3.05, 3.63) is 0 Å². The van der Waals surface area contributed by atoms with Crippen LogP contribution in [0.25, 0.3) is 0 Å². The summed E-state index contributed by atoms with van der Waals surface area (Å²) >= 11 is 0. The zero-order valence-corrected chi connectivity index (χ0v) is 10.9. The first-order valence-corrected chi connectivity index (χ1v) is 5.82. The molecule has 0 saturated carbocycles. The molecule has 1 saturated heterocycles. The molecule has 6 heteroatoms. The summed E-state index contributed by atoms with van der Waals surface area (Å²) in [5.41, 5.74) is -0.568. The van der Waals surface area contributed by atoms with Crippen molar-refractivity contribution in [1.82, 2.24) is 4.90 Å². The highest BCUT2D eigenvalue weighted by Gasteiger charge is 2.31. The van der Waals surface area contributed by atoms with E-state index < -0.39 is 17.8 Å². The van der Waals surface area contributed by atoms with Crippen LogP contribution in [0.5, 0.6) is 0 Å². The van der Waals surface area contributed by atoms with E-state index in [9.17, 15) is 9.59 Å². The van der Waals surface area contributed by atoms with Gasteiger partial charge in [0, 0.05) is 6.54 Å². The van der Waals surface area contributed by atoms with Gasteiger partial charge < -0.3 is 14.4 Å². The van der Waals surface area contributed by atoms with E-state index in [-0.39, 0.29) is 25.4 Å². The van der Waals surface area contributed by atoms with Crippen molar-refractivity contribution >= 4 is 11.9 Å². The summed E-state index contributed by atoms with van der Waals surface area (Å²) in [5.74, 6) is -0.300. The fourth-order valence-electron chi connectivity index (χ4n) is 1.53. The Morgan fingerprint density at radius 3 is 2.72 bits per heavy atom. The van der Waals surface area contributed by atoms with Gasteiger partial charge in [-0.1, -0.05) is 0 Å². The van der Waals surface area contributed by atoms with Crippen LogP contribution in [0.3, 0.4) is 0 Å². The Bertz CT molecular complexity index is 367. The second kappa shape index (κ2) is 5.83. The van der Waals surface area contributed by atoms with E-state index in [1.807, 2.05) is 0 Å². The minimum atomic E-state index is -0.717. The van der Waals surface area contributed by atoms with E-state index in [0.717, 1.165) is 0 Å². The Morgan fingerprint density at radius 2 is 2.17 bits per heavy atom. The van der Waals surface area contributed by atoms with Gasteiger partial charge in [-0.2, -0.15) is 5.26 Å². The van der Waals surface area contributed by atoms with Gasteiger partial charge in [0.2, 0.25) is 0 Å². The first-order valence-electron chi connectivity index (χ1n) is 5.82. The van der Waals surface area contributed by atoms with E-state index in [4.69, 9.17) is 14.7 Å². The van der Waals surface area contributed by atoms with E-state index in [2.05, 4.69) is 0 Å². The van der Waals surface area contributed by atoms with E-state index in [1.165, 1.54) is 4.90 Å². The Labute approximate surface area is 106 Å². The number of amides is 1. The summed E-state index contributed by atoms with van der Waals surface area (Å²) in [7, 11) is 0. The second-order valence-electron chi connectivity index (χ2n) is 5.09. The quantitative estimate of drug-likeness (QED) is 0.737. The maximum atomic E-state index is 11.8. The van der Waals surface area contributed by atoms with E-state index >= 15 is 0 Å². The predicted molar refractivity (Wildman–Crippen MR) is 62.8 cm³/mol. The summed E-state index contributed by atoms with van der Waals surface area (Å²) in [6.45, 7) is 6.17. The molecule has 0 radical (unpaired) electrons. The topological polar surface area (TPSA) is 79.6 Å². The number of nitrogens with zero attached hydrogens (tertiary/aromatic N) is 2. The number of ketones is 1. The molecule has 0 aromatic carbocycles. The maximum absolute atomic E-state index is 11.8. The molecule has 0 aromatic rings. The molecule has 1 heterocycles. The molecule has 1 aliphatic rings. The zero-order chi connectivity index (χ0) is 13.8. The standard InChI is InChI=1S/C12H18N2O4/c1-12(2,3)18-11(16)14-6-7-17-10(8-14)9(15)4-5-13/h10H,4,6-8H2,1-3H3. The highest BCUT2D eigenvalue weighted by molar-refractivity contribution is 5.85. The molecular weight excluding hydrogens is 236 g/mol. The molecule has 1 amide bonds. The van der Waals surface area contributed by atoms with Gasteiger partial charge in [-0.05, 0) is 20.8 Å². The van der Waals surface area contributed by atoms with Crippen LogP contribution in [0.4, 0.5) is 4.79 Å². The molecule has 0 bridgehead atoms. The Balaban J connectivity index is 2.56. The Morgan fingerprint density at radius 1 is 1.50 bits per heavy atom. The number of morpholine rings is 1. The lowest BCUT2D eigenvalue weighted by molar-refractivity contribution is -0.134. The lowest BCUT2D eigenvalue weighted by Gasteiger charge is -2.33. The molecule has 1 fully saturated rings. The van der Waals surface area contributed by atoms with Crippen LogP contribution in [-0.2, 0) is 14.3 Å². The van der Waals surface area contributed by atoms with Crippen LogP contribution in [0, 0.1) is 11.3 Å². The number of ether oxygens (including phenoxy) is 2. The van der Waals surface area contributed by atoms with Crippen LogP contribution >= 0.6 is 0 Å². The number of carbonyl (C=O) groups excluding carboxylic acids is 2. The average molecular weight is 254 g/mol. The van der Waals surface area contributed by atoms with Gasteiger partial charge in [-0.3, -0.25) is 4.79 Å². The maximum Gasteiger partial charge on any atom is 0.410 e. The number of rotatable bonds is 2. The van der Waals surface area contributed by atoms with E-state index in [0.29, 0.717) is 6.54 Å². The number of hydrogen-bond donors (Lipinski definition) is 0. The number of carbonyl (C=O) groups is 2. The molecule has 0 N–H and O–H groups in total. The van der Waals surface area contributed by atoms with Crippen molar-refractivity contribution in [3.8, 4) is 6.07 Å². The van der Waals surface area contributed by atoms with Crippen molar-refractivity contribution in [2.75, 3.05) is 19.7 Å². The first-order chi connectivity index (χ1) is 8.33. The predicted octanol–water partition coefficient (Wildman–Crippen LogP) is 1.11. The molecule has 0 spiro atoms. The van der Waals surface area contributed by atoms with Crippen molar-refractivity contribution < 1.29 is 19.1 Å². The van der Waals surface area contributed by atoms with Gasteiger partial charge in [0.1, 0.15) is 11.7 Å². The van der Waals surface area contributed by atoms with Crippen LogP contribution in [0.1, 0.15) is 27.2 Å². The molecular formula is C12H18N2O4. The third kappa shape index (κ3) is 4.34. The van der Waals surface area contributed by atoms with Gasteiger partial charge in [0.15, 0.2) is 5.78 Å². The van der Waals surface area contributed by atoms with Gasteiger partial charge in [0.05, 0.1) is 25.6 Å². The molecule has 6 nitrogen and oxygen atoms in total. The van der Waals surface area contributed by atoms with Gasteiger partial charge in [-0.15, -0.1) is 0 Å². The second-order valence-corrected chi connectivity index (χ2v) is 5.09. The molecule has 1 unspecified atom stereocenters. The van der Waals surface area contributed by atoms with Crippen LogP contribution in [0.2, 0.25) is 0 Å². The highest BCUT2D eigenvalue weighted by atomic mass is 16.6. The summed E-state index contributed by atoms with van der Waals surface area (Å²) in [4.78, 5) is 24.8. The minimum absolute atomic E-state index is 0.148. The molecule has 1 atom stereocenters. The normalized spacial score (nSPS) is 20.1. The van der Waals surface area contributed by atoms with Crippen molar-refractivity contribution in [2.24, 2.45) is 0 Å². The lowest BCUT2D eigenvalue weighted by Crippen LogP contribution is -2.49. The molecule has 0 aliphatic carbocycles. The molecule has 0 aromatic heterocycles. The fourth-order valence-corrected chi connectivity index (χ4v) is 1.53. The first kappa shape index (κ1) is 14.5. The minimum Gasteiger partial charge on any atom is -0.444 e. The van der Waals surface area contributed by atoms with Crippen LogP contribution in [-0.4, -0.2) is 48.2 Å². The summed E-state index contributed by atoms with van der Waals surface area (Å²) in [6.07, 6.45) is -1.38. The third-order valence-electron chi connectivity index (χ3n) is 2.33. The average Bonchev–Trinajstić information content (AvgIpc) is 2.27. The number of hydrogen-bond acceptors (Lipinski definition) is 5. The molecule has 18 heavy (non-hydrogen) atoms. The zero-order valence-electron chi connectivity index (χ0n) is 10.9. The van der Waals surface area contributed by atoms with Gasteiger partial charge in [-0.25, -0.2) is 4.79 Å². The SMILES string of the molecule is CC(C)(C)OC(=O)N1CCOC(C(=O)CC#N)C1. The highest BCUT2D eigenvalue weighted by Crippen LogP contribution is 2.13. The smallest absolute Gasteiger partial charge is 0.410 e. The molecule has 100 valence electrons. The van der Waals surface area contributed by atoms with Crippen molar-refractivity contribution in [1.29, 1.82) is 5.26 Å². The van der Waals surface area contributed by atoms with Crippen molar-refractivity contribution in [2.45, 2.75) is 38.9 Å². The third-order valence-corrected chi connectivity index (χ3v) is 2.33. The molecule has 1 aliphatic heterocycles. The molecule has 1 rings (SSSR count). The fraction of sp³-hybridized carbons (Fsp3) is 0.750. The Kier molecular flexibility index (Phi) is 4.68. The largest absolute Gasteiger partial charge is 0.444 e. The summed E-state index contributed by atoms with van der Waals surface area (Å²) in [5, 5.41) is 8.46. The van der Waals surface area contributed by atoms with Gasteiger partial charge in [0.25, 0.3) is 0 Å².